The maximum absolute atomic E-state index is 10.8. The first kappa shape index (κ1) is 12.7. The van der Waals surface area contributed by atoms with Crippen LogP contribution in [0.25, 0.3) is 0 Å². The topological polar surface area (TPSA) is 70.6 Å². The highest BCUT2D eigenvalue weighted by Gasteiger charge is 2.27. The van der Waals surface area contributed by atoms with E-state index in [0.717, 1.165) is 30.7 Å². The monoisotopic (exact) mass is 250 g/mol. The van der Waals surface area contributed by atoms with Crippen molar-refractivity contribution in [2.75, 3.05) is 13.7 Å². The molecule has 1 fully saturated rings. The lowest BCUT2D eigenvalue weighted by atomic mass is 9.92. The number of rotatable bonds is 3. The van der Waals surface area contributed by atoms with Crippen LogP contribution >= 0.6 is 0 Å². The Hall–Kier alpha value is -1.75. The van der Waals surface area contributed by atoms with E-state index in [1.807, 2.05) is 24.3 Å². The molecular formula is C13H18N2O3. The first-order valence-electron chi connectivity index (χ1n) is 6.07. The number of carbonyl (C=O) groups is 1. The van der Waals surface area contributed by atoms with Crippen LogP contribution in [0.2, 0.25) is 0 Å². The van der Waals surface area contributed by atoms with Gasteiger partial charge in [-0.2, -0.15) is 0 Å². The summed E-state index contributed by atoms with van der Waals surface area (Å²) in [6, 6.07) is 7.68. The molecule has 2 unspecified atom stereocenters. The van der Waals surface area contributed by atoms with Crippen molar-refractivity contribution in [3.05, 3.63) is 29.8 Å². The fourth-order valence-corrected chi connectivity index (χ4v) is 2.36. The Morgan fingerprint density at radius 3 is 2.78 bits per heavy atom. The second-order valence-electron chi connectivity index (χ2n) is 4.40. The Bertz CT molecular complexity index is 405. The van der Waals surface area contributed by atoms with E-state index in [1.54, 1.807) is 7.11 Å². The van der Waals surface area contributed by atoms with Crippen molar-refractivity contribution in [1.29, 1.82) is 0 Å². The molecular weight excluding hydrogens is 232 g/mol. The zero-order valence-corrected chi connectivity index (χ0v) is 10.3. The van der Waals surface area contributed by atoms with Crippen molar-refractivity contribution in [1.82, 2.24) is 10.6 Å². The third-order valence-electron chi connectivity index (χ3n) is 3.24. The lowest BCUT2D eigenvalue weighted by molar-refractivity contribution is 0.181. The fraction of sp³-hybridized carbons (Fsp3) is 0.462. The summed E-state index contributed by atoms with van der Waals surface area (Å²) in [5, 5.41) is 14.8. The molecule has 1 heterocycles. The molecule has 1 aliphatic heterocycles. The molecule has 0 radical (unpaired) electrons. The van der Waals surface area contributed by atoms with Crippen molar-refractivity contribution >= 4 is 6.09 Å². The van der Waals surface area contributed by atoms with Crippen LogP contribution in [0.5, 0.6) is 5.75 Å². The smallest absolute Gasteiger partial charge is 0.404 e. The molecule has 3 N–H and O–H groups in total. The molecule has 1 aromatic carbocycles. The predicted octanol–water partition coefficient (Wildman–Crippen LogP) is 1.76. The third-order valence-corrected chi connectivity index (χ3v) is 3.24. The number of hydrogen-bond acceptors (Lipinski definition) is 3. The van der Waals surface area contributed by atoms with E-state index in [2.05, 4.69) is 10.6 Å². The zero-order valence-electron chi connectivity index (χ0n) is 10.3. The predicted molar refractivity (Wildman–Crippen MR) is 67.9 cm³/mol. The van der Waals surface area contributed by atoms with Crippen molar-refractivity contribution < 1.29 is 14.6 Å². The SMILES string of the molecule is COc1ccc(C2NCCCC2NC(=O)O)cc1. The molecule has 98 valence electrons. The second-order valence-corrected chi connectivity index (χ2v) is 4.40. The Labute approximate surface area is 106 Å². The van der Waals surface area contributed by atoms with Gasteiger partial charge in [-0.25, -0.2) is 4.79 Å². The lowest BCUT2D eigenvalue weighted by Crippen LogP contribution is -2.47. The molecule has 1 aliphatic rings. The minimum atomic E-state index is -0.970. The summed E-state index contributed by atoms with van der Waals surface area (Å²) >= 11 is 0. The molecule has 18 heavy (non-hydrogen) atoms. The molecule has 2 atom stereocenters. The molecule has 0 bridgehead atoms. The van der Waals surface area contributed by atoms with Gasteiger partial charge in [0.05, 0.1) is 19.2 Å². The van der Waals surface area contributed by atoms with Crippen molar-refractivity contribution in [2.45, 2.75) is 24.9 Å². The van der Waals surface area contributed by atoms with E-state index in [1.165, 1.54) is 0 Å². The Morgan fingerprint density at radius 2 is 2.17 bits per heavy atom. The molecule has 1 amide bonds. The van der Waals surface area contributed by atoms with Crippen molar-refractivity contribution in [3.63, 3.8) is 0 Å². The van der Waals surface area contributed by atoms with E-state index in [0.29, 0.717) is 0 Å². The molecule has 5 nitrogen and oxygen atoms in total. The molecule has 1 saturated heterocycles. The van der Waals surface area contributed by atoms with Crippen LogP contribution in [0, 0.1) is 0 Å². The summed E-state index contributed by atoms with van der Waals surface area (Å²) in [6.45, 7) is 0.911. The van der Waals surface area contributed by atoms with Gasteiger partial charge in [0, 0.05) is 0 Å². The summed E-state index contributed by atoms with van der Waals surface area (Å²) in [6.07, 6.45) is 0.871. The highest BCUT2D eigenvalue weighted by Crippen LogP contribution is 2.25. The summed E-state index contributed by atoms with van der Waals surface area (Å²) in [4.78, 5) is 10.8. The third kappa shape index (κ3) is 2.92. The molecule has 0 aromatic heterocycles. The van der Waals surface area contributed by atoms with Crippen LogP contribution in [0.1, 0.15) is 24.4 Å². The van der Waals surface area contributed by atoms with Crippen molar-refractivity contribution in [2.24, 2.45) is 0 Å². The second kappa shape index (κ2) is 5.73. The maximum atomic E-state index is 10.8. The van der Waals surface area contributed by atoms with Gasteiger partial charge in [-0.15, -0.1) is 0 Å². The number of ether oxygens (including phenoxy) is 1. The average molecular weight is 250 g/mol. The van der Waals surface area contributed by atoms with E-state index >= 15 is 0 Å². The average Bonchev–Trinajstić information content (AvgIpc) is 2.39. The van der Waals surface area contributed by atoms with Crippen LogP contribution in [0.4, 0.5) is 4.79 Å². The maximum Gasteiger partial charge on any atom is 0.404 e. The van der Waals surface area contributed by atoms with Gasteiger partial charge >= 0.3 is 6.09 Å². The fourth-order valence-electron chi connectivity index (χ4n) is 2.36. The van der Waals surface area contributed by atoms with Gasteiger partial charge < -0.3 is 20.5 Å². The van der Waals surface area contributed by atoms with Gasteiger partial charge in [-0.3, -0.25) is 0 Å². The summed E-state index contributed by atoms with van der Waals surface area (Å²) < 4.78 is 5.12. The number of nitrogens with one attached hydrogen (secondary N) is 2. The first-order chi connectivity index (χ1) is 8.70. The van der Waals surface area contributed by atoms with Crippen LogP contribution in [0.15, 0.2) is 24.3 Å². The Kier molecular flexibility index (Phi) is 4.04. The van der Waals surface area contributed by atoms with Gasteiger partial charge in [0.15, 0.2) is 0 Å². The number of methoxy groups -OCH3 is 1. The molecule has 5 heteroatoms. The zero-order chi connectivity index (χ0) is 13.0. The summed E-state index contributed by atoms with van der Waals surface area (Å²) in [7, 11) is 1.63. The number of piperidine rings is 1. The minimum Gasteiger partial charge on any atom is -0.497 e. The first-order valence-corrected chi connectivity index (χ1v) is 6.07. The van der Waals surface area contributed by atoms with Gasteiger partial charge in [0.1, 0.15) is 5.75 Å². The van der Waals surface area contributed by atoms with Crippen LogP contribution < -0.4 is 15.4 Å². The number of amides is 1. The van der Waals surface area contributed by atoms with E-state index in [4.69, 9.17) is 9.84 Å². The van der Waals surface area contributed by atoms with Crippen molar-refractivity contribution in [3.8, 4) is 5.75 Å². The van der Waals surface area contributed by atoms with Gasteiger partial charge in [0.25, 0.3) is 0 Å². The molecule has 1 aromatic rings. The molecule has 2 rings (SSSR count). The van der Waals surface area contributed by atoms with Crippen LogP contribution in [-0.2, 0) is 0 Å². The number of carboxylic acid groups (broad SMARTS) is 1. The Morgan fingerprint density at radius 1 is 1.44 bits per heavy atom. The quantitative estimate of drug-likeness (QED) is 0.764. The van der Waals surface area contributed by atoms with Crippen LogP contribution in [0.3, 0.4) is 0 Å². The van der Waals surface area contributed by atoms with E-state index in [9.17, 15) is 4.79 Å². The highest BCUT2D eigenvalue weighted by molar-refractivity contribution is 5.65. The minimum absolute atomic E-state index is 0.0285. The van der Waals surface area contributed by atoms with Gasteiger partial charge in [0.2, 0.25) is 0 Å². The van der Waals surface area contributed by atoms with E-state index in [-0.39, 0.29) is 12.1 Å². The standard InChI is InChI=1S/C13H18N2O3/c1-18-10-6-4-9(5-7-10)12-11(15-13(16)17)3-2-8-14-12/h4-7,11-12,14-15H,2-3,8H2,1H3,(H,16,17). The highest BCUT2D eigenvalue weighted by atomic mass is 16.5. The lowest BCUT2D eigenvalue weighted by Gasteiger charge is -2.32. The van der Waals surface area contributed by atoms with Gasteiger partial charge in [-0.1, -0.05) is 12.1 Å². The van der Waals surface area contributed by atoms with Gasteiger partial charge in [-0.05, 0) is 37.1 Å². The normalized spacial score (nSPS) is 23.4. The van der Waals surface area contributed by atoms with Crippen LogP contribution in [-0.4, -0.2) is 30.9 Å². The summed E-state index contributed by atoms with van der Waals surface area (Å²) in [5.74, 6) is 0.803. The van der Waals surface area contributed by atoms with E-state index < -0.39 is 6.09 Å². The molecule has 0 aliphatic carbocycles. The molecule has 0 saturated carbocycles. The Balaban J connectivity index is 2.13. The largest absolute Gasteiger partial charge is 0.497 e. The summed E-state index contributed by atoms with van der Waals surface area (Å²) in [5.41, 5.74) is 1.08. The number of benzene rings is 1. The molecule has 0 spiro atoms. The number of hydrogen-bond donors (Lipinski definition) is 3.